The van der Waals surface area contributed by atoms with Crippen LogP contribution >= 0.6 is 0 Å². The van der Waals surface area contributed by atoms with E-state index >= 15 is 0 Å². The van der Waals surface area contributed by atoms with Crippen molar-refractivity contribution in [2.24, 2.45) is 40.2 Å². The molecular formula is C46H63N3O11. The van der Waals surface area contributed by atoms with Crippen LogP contribution in [0.3, 0.4) is 0 Å². The maximum Gasteiger partial charge on any atom is 0.410 e. The first kappa shape index (κ1) is 43.5. The molecule has 2 aromatic rings. The van der Waals surface area contributed by atoms with E-state index in [1.807, 2.05) is 24.3 Å². The third kappa shape index (κ3) is 9.96. The summed E-state index contributed by atoms with van der Waals surface area (Å²) >= 11 is 0. The molecule has 2 aromatic carbocycles. The van der Waals surface area contributed by atoms with Gasteiger partial charge in [0.15, 0.2) is 23.0 Å². The molecule has 6 atom stereocenters. The number of nitrogens with two attached hydrogens (primary N) is 1. The topological polar surface area (TPSA) is 183 Å². The Morgan fingerprint density at radius 3 is 2.07 bits per heavy atom. The molecule has 6 aliphatic rings. The van der Waals surface area contributed by atoms with Gasteiger partial charge in [-0.2, -0.15) is 0 Å². The van der Waals surface area contributed by atoms with E-state index < -0.39 is 24.4 Å². The lowest BCUT2D eigenvalue weighted by Crippen LogP contribution is -2.65. The summed E-state index contributed by atoms with van der Waals surface area (Å²) in [6, 6.07) is 10.1. The molecule has 5 saturated carbocycles. The normalized spacial score (nSPS) is 31.4. The van der Waals surface area contributed by atoms with E-state index in [0.29, 0.717) is 68.3 Å². The Morgan fingerprint density at radius 1 is 0.817 bits per heavy atom. The summed E-state index contributed by atoms with van der Waals surface area (Å²) in [7, 11) is 4.66. The minimum Gasteiger partial charge on any atom is -0.493 e. The molecule has 4 N–H and O–H groups in total. The van der Waals surface area contributed by atoms with Crippen molar-refractivity contribution < 1.29 is 52.3 Å². The molecule has 14 nitrogen and oxygen atoms in total. The van der Waals surface area contributed by atoms with Crippen molar-refractivity contribution >= 4 is 24.0 Å². The highest BCUT2D eigenvalue weighted by atomic mass is 16.7. The average molecular weight is 834 g/mol. The maximum atomic E-state index is 13.1. The third-order valence-electron chi connectivity index (χ3n) is 13.7. The van der Waals surface area contributed by atoms with Gasteiger partial charge in [0.2, 0.25) is 6.29 Å². The number of rotatable bonds is 16. The van der Waals surface area contributed by atoms with Crippen LogP contribution in [0.2, 0.25) is 0 Å². The van der Waals surface area contributed by atoms with Crippen molar-refractivity contribution in [3.63, 3.8) is 0 Å². The lowest BCUT2D eigenvalue weighted by molar-refractivity contribution is -0.172. The van der Waals surface area contributed by atoms with Gasteiger partial charge in [0.25, 0.3) is 0 Å². The van der Waals surface area contributed by atoms with Gasteiger partial charge in [0.1, 0.15) is 6.04 Å². The van der Waals surface area contributed by atoms with Crippen molar-refractivity contribution in [3.05, 3.63) is 47.5 Å². The van der Waals surface area contributed by atoms with Crippen LogP contribution in [0, 0.1) is 34.5 Å². The predicted molar refractivity (Wildman–Crippen MR) is 221 cm³/mol. The van der Waals surface area contributed by atoms with Gasteiger partial charge in [-0.05, 0) is 129 Å². The molecule has 3 unspecified atom stereocenters. The summed E-state index contributed by atoms with van der Waals surface area (Å²) in [5, 5.41) is 6.57. The number of ether oxygens (including phenoxy) is 7. The number of carbonyl (C=O) groups is 4. The summed E-state index contributed by atoms with van der Waals surface area (Å²) < 4.78 is 38.7. The van der Waals surface area contributed by atoms with Crippen molar-refractivity contribution in [3.8, 4) is 23.0 Å². The molecule has 328 valence electrons. The van der Waals surface area contributed by atoms with Crippen LogP contribution in [0.4, 0.5) is 4.79 Å². The van der Waals surface area contributed by atoms with Gasteiger partial charge in [0.05, 0.1) is 39.8 Å². The van der Waals surface area contributed by atoms with Crippen molar-refractivity contribution in [1.82, 2.24) is 10.6 Å². The van der Waals surface area contributed by atoms with E-state index in [1.165, 1.54) is 26.4 Å². The fourth-order valence-electron chi connectivity index (χ4n) is 11.9. The second-order valence-electron chi connectivity index (χ2n) is 19.0. The SMILES string of the molecule is COc1ccc(C[C@H]2COC(=O)[C@@H]2Cc2ccc(OC(=O)[C@@H](N)CNC3CCC(C(=O)OC(C)OC(=O)NC45CC6CC(C)(CC(C)(C6)C4)C5)CC3)c(OC)c2)cc1OC. The number of alkyl carbamates (subject to hydrolysis) is 1. The van der Waals surface area contributed by atoms with Crippen molar-refractivity contribution in [2.45, 2.75) is 122 Å². The lowest BCUT2D eigenvalue weighted by atomic mass is 9.43. The van der Waals surface area contributed by atoms with E-state index in [9.17, 15) is 19.2 Å². The van der Waals surface area contributed by atoms with Gasteiger partial charge >= 0.3 is 24.0 Å². The van der Waals surface area contributed by atoms with Gasteiger partial charge in [0, 0.05) is 31.0 Å². The summed E-state index contributed by atoms with van der Waals surface area (Å²) in [4.78, 5) is 51.9. The van der Waals surface area contributed by atoms with E-state index in [-0.39, 0.29) is 64.4 Å². The Hall–Kier alpha value is -4.56. The number of benzene rings is 2. The van der Waals surface area contributed by atoms with Crippen LogP contribution in [0.15, 0.2) is 36.4 Å². The number of methoxy groups -OCH3 is 3. The third-order valence-corrected chi connectivity index (χ3v) is 13.7. The molecule has 1 saturated heterocycles. The smallest absolute Gasteiger partial charge is 0.410 e. The van der Waals surface area contributed by atoms with Crippen molar-refractivity contribution in [2.75, 3.05) is 34.5 Å². The Bertz CT molecular complexity index is 1900. The molecule has 8 rings (SSSR count). The van der Waals surface area contributed by atoms with Crippen molar-refractivity contribution in [1.29, 1.82) is 0 Å². The highest BCUT2D eigenvalue weighted by Crippen LogP contribution is 2.66. The minimum absolute atomic E-state index is 0.0417. The standard InChI is InChI=1S/C46H63N3O11/c1-27(59-43(53)49-46-21-30-19-44(2,25-46)24-45(3,20-30)26-46)58-40(50)31-9-11-33(12-10-31)48-22-35(47)42(52)60-37-14-8-29(18-39(37)56-6)16-34-32(23-57-41(34)51)15-28-7-13-36(54-4)38(17-28)55-5/h7-8,13-14,17-18,27,30-35,48H,9-12,15-16,19-26,47H2,1-6H3,(H,49,53)/t27?,30?,31?,32-,33?,34+,35-,44?,45?,46?/m0/s1. The second kappa shape index (κ2) is 17.8. The van der Waals surface area contributed by atoms with E-state index in [4.69, 9.17) is 38.9 Å². The van der Waals surface area contributed by atoms with Gasteiger partial charge in [-0.3, -0.25) is 9.59 Å². The number of hydrogen-bond donors (Lipinski definition) is 3. The highest BCUT2D eigenvalue weighted by molar-refractivity contribution is 5.79. The van der Waals surface area contributed by atoms with E-state index in [1.54, 1.807) is 33.3 Å². The fraction of sp³-hybridized carbons (Fsp3) is 0.652. The number of carbonyl (C=O) groups excluding carboxylic acids is 4. The number of esters is 3. The molecule has 1 heterocycles. The largest absolute Gasteiger partial charge is 0.493 e. The zero-order chi connectivity index (χ0) is 42.8. The Kier molecular flexibility index (Phi) is 12.9. The molecule has 1 aliphatic heterocycles. The zero-order valence-corrected chi connectivity index (χ0v) is 36.0. The second-order valence-corrected chi connectivity index (χ2v) is 19.0. The first-order valence-corrected chi connectivity index (χ1v) is 21.5. The van der Waals surface area contributed by atoms with Gasteiger partial charge in [-0.25, -0.2) is 9.59 Å². The number of nitrogens with one attached hydrogen (secondary N) is 2. The quantitative estimate of drug-likeness (QED) is 0.101. The van der Waals surface area contributed by atoms with Crippen LogP contribution in [-0.2, 0) is 41.4 Å². The maximum absolute atomic E-state index is 13.1. The zero-order valence-electron chi connectivity index (χ0n) is 36.0. The fourth-order valence-corrected chi connectivity index (χ4v) is 11.9. The Labute approximate surface area is 353 Å². The Morgan fingerprint density at radius 2 is 1.43 bits per heavy atom. The summed E-state index contributed by atoms with van der Waals surface area (Å²) in [5.74, 6) is 0.504. The van der Waals surface area contributed by atoms with Gasteiger partial charge in [-0.1, -0.05) is 26.0 Å². The molecule has 14 heteroatoms. The van der Waals surface area contributed by atoms with Crippen LogP contribution in [0.1, 0.15) is 96.1 Å². The number of amides is 1. The molecule has 0 aromatic heterocycles. The monoisotopic (exact) mass is 833 g/mol. The van der Waals surface area contributed by atoms with Crippen LogP contribution in [0.5, 0.6) is 23.0 Å². The molecular weight excluding hydrogens is 771 g/mol. The molecule has 0 spiro atoms. The van der Waals surface area contributed by atoms with E-state index in [0.717, 1.165) is 30.4 Å². The molecule has 0 radical (unpaired) electrons. The van der Waals surface area contributed by atoms with Crippen LogP contribution < -0.4 is 35.3 Å². The number of cyclic esters (lactones) is 1. The van der Waals surface area contributed by atoms with Crippen LogP contribution in [0.25, 0.3) is 0 Å². The molecule has 5 aliphatic carbocycles. The molecule has 6 fully saturated rings. The molecule has 4 bridgehead atoms. The highest BCUT2D eigenvalue weighted by Gasteiger charge is 2.60. The Balaban J connectivity index is 0.824. The average Bonchev–Trinajstić information content (AvgIpc) is 3.52. The van der Waals surface area contributed by atoms with Gasteiger partial charge in [-0.15, -0.1) is 0 Å². The lowest BCUT2D eigenvalue weighted by Gasteiger charge is -2.65. The minimum atomic E-state index is -0.994. The predicted octanol–water partition coefficient (Wildman–Crippen LogP) is 6.03. The number of hydrogen-bond acceptors (Lipinski definition) is 13. The first-order valence-electron chi connectivity index (χ1n) is 21.5. The molecule has 60 heavy (non-hydrogen) atoms. The van der Waals surface area contributed by atoms with Gasteiger partial charge < -0.3 is 49.5 Å². The van der Waals surface area contributed by atoms with Crippen LogP contribution in [-0.4, -0.2) is 82.4 Å². The summed E-state index contributed by atoms with van der Waals surface area (Å²) in [5.41, 5.74) is 8.35. The summed E-state index contributed by atoms with van der Waals surface area (Å²) in [6.45, 7) is 6.80. The summed E-state index contributed by atoms with van der Waals surface area (Å²) in [6.07, 6.45) is 8.70. The van der Waals surface area contributed by atoms with E-state index in [2.05, 4.69) is 24.5 Å². The molecule has 1 amide bonds. The first-order chi connectivity index (χ1) is 28.6.